The topological polar surface area (TPSA) is 23.5 Å². The predicted molar refractivity (Wildman–Crippen MR) is 79.9 cm³/mol. The lowest BCUT2D eigenvalue weighted by molar-refractivity contribution is 0.198. The highest BCUT2D eigenvalue weighted by atomic mass is 79.9. The summed E-state index contributed by atoms with van der Waals surface area (Å²) in [6.07, 6.45) is 0.899. The van der Waals surface area contributed by atoms with E-state index in [1.807, 2.05) is 6.07 Å². The molecule has 0 aromatic heterocycles. The molecule has 1 fully saturated rings. The molecule has 0 bridgehead atoms. The van der Waals surface area contributed by atoms with Crippen LogP contribution in [0.25, 0.3) is 0 Å². The van der Waals surface area contributed by atoms with Gasteiger partial charge in [0, 0.05) is 23.2 Å². The average molecular weight is 312 g/mol. The minimum absolute atomic E-state index is 0.423. The first-order chi connectivity index (χ1) is 8.47. The van der Waals surface area contributed by atoms with E-state index in [0.717, 1.165) is 35.0 Å². The summed E-state index contributed by atoms with van der Waals surface area (Å²) in [6, 6.07) is 6.28. The lowest BCUT2D eigenvalue weighted by atomic mass is 9.91. The first-order valence-corrected chi connectivity index (χ1v) is 7.49. The van der Waals surface area contributed by atoms with Crippen LogP contribution in [-0.2, 0) is 0 Å². The largest absolute Gasteiger partial charge is 0.389 e. The molecular weight excluding hydrogens is 290 g/mol. The van der Waals surface area contributed by atoms with E-state index in [0.29, 0.717) is 0 Å². The molecule has 1 aliphatic heterocycles. The maximum absolute atomic E-state index is 9.65. The van der Waals surface area contributed by atoms with Gasteiger partial charge in [-0.2, -0.15) is 0 Å². The van der Waals surface area contributed by atoms with Crippen LogP contribution in [0.15, 0.2) is 22.7 Å². The van der Waals surface area contributed by atoms with E-state index in [2.05, 4.69) is 46.8 Å². The van der Waals surface area contributed by atoms with E-state index in [1.165, 1.54) is 12.1 Å². The van der Waals surface area contributed by atoms with Crippen LogP contribution >= 0.6 is 15.9 Å². The van der Waals surface area contributed by atoms with Gasteiger partial charge in [0.1, 0.15) is 0 Å². The van der Waals surface area contributed by atoms with E-state index in [-0.39, 0.29) is 0 Å². The number of hydrogen-bond acceptors (Lipinski definition) is 2. The van der Waals surface area contributed by atoms with Gasteiger partial charge in [0.2, 0.25) is 0 Å². The molecule has 0 spiro atoms. The summed E-state index contributed by atoms with van der Waals surface area (Å²) >= 11 is 3.56. The molecule has 2 unspecified atom stereocenters. The number of aliphatic hydroxyl groups excluding tert-OH is 1. The summed E-state index contributed by atoms with van der Waals surface area (Å²) in [4.78, 5) is 2.45. The molecule has 1 heterocycles. The van der Waals surface area contributed by atoms with Gasteiger partial charge in [0.25, 0.3) is 0 Å². The number of rotatable bonds is 2. The molecular formula is C15H22BrNO. The SMILES string of the molecule is CC1CC(C)CN(c2ccc([C@H](C)O)c(Br)c2)C1. The molecule has 0 aliphatic carbocycles. The molecule has 0 radical (unpaired) electrons. The van der Waals surface area contributed by atoms with Crippen molar-refractivity contribution >= 4 is 21.6 Å². The molecule has 2 rings (SSSR count). The summed E-state index contributed by atoms with van der Waals surface area (Å²) < 4.78 is 1.00. The molecule has 100 valence electrons. The number of nitrogens with zero attached hydrogens (tertiary/aromatic N) is 1. The van der Waals surface area contributed by atoms with Crippen LogP contribution in [0.4, 0.5) is 5.69 Å². The predicted octanol–water partition coefficient (Wildman–Crippen LogP) is 3.98. The van der Waals surface area contributed by atoms with Crippen LogP contribution in [0.3, 0.4) is 0 Å². The van der Waals surface area contributed by atoms with Crippen molar-refractivity contribution in [3.8, 4) is 0 Å². The van der Waals surface area contributed by atoms with Crippen LogP contribution < -0.4 is 4.90 Å². The Kier molecular flexibility index (Phi) is 4.33. The third kappa shape index (κ3) is 3.07. The van der Waals surface area contributed by atoms with Crippen molar-refractivity contribution in [1.29, 1.82) is 0 Å². The van der Waals surface area contributed by atoms with Gasteiger partial charge in [-0.1, -0.05) is 35.8 Å². The fourth-order valence-corrected chi connectivity index (χ4v) is 3.62. The lowest BCUT2D eigenvalue weighted by Gasteiger charge is -2.36. The Hall–Kier alpha value is -0.540. The van der Waals surface area contributed by atoms with Gasteiger partial charge in [-0.25, -0.2) is 0 Å². The molecule has 0 saturated carbocycles. The average Bonchev–Trinajstić information content (AvgIpc) is 2.26. The van der Waals surface area contributed by atoms with Crippen molar-refractivity contribution < 1.29 is 5.11 Å². The molecule has 1 saturated heterocycles. The minimum atomic E-state index is -0.423. The molecule has 1 N–H and O–H groups in total. The summed E-state index contributed by atoms with van der Waals surface area (Å²) in [6.45, 7) is 8.70. The van der Waals surface area contributed by atoms with E-state index >= 15 is 0 Å². The highest BCUT2D eigenvalue weighted by Crippen LogP contribution is 2.31. The number of aliphatic hydroxyl groups is 1. The van der Waals surface area contributed by atoms with Crippen LogP contribution in [-0.4, -0.2) is 18.2 Å². The smallest absolute Gasteiger partial charge is 0.0772 e. The van der Waals surface area contributed by atoms with E-state index in [9.17, 15) is 5.11 Å². The highest BCUT2D eigenvalue weighted by Gasteiger charge is 2.22. The monoisotopic (exact) mass is 311 g/mol. The molecule has 1 aromatic rings. The Morgan fingerprint density at radius 2 is 1.89 bits per heavy atom. The van der Waals surface area contributed by atoms with Crippen LogP contribution in [0.2, 0.25) is 0 Å². The zero-order valence-corrected chi connectivity index (χ0v) is 12.9. The third-order valence-corrected chi connectivity index (χ3v) is 4.35. The lowest BCUT2D eigenvalue weighted by Crippen LogP contribution is -2.38. The first kappa shape index (κ1) is 13.9. The van der Waals surface area contributed by atoms with Crippen molar-refractivity contribution in [1.82, 2.24) is 0 Å². The second-order valence-electron chi connectivity index (χ2n) is 5.73. The molecule has 1 aromatic carbocycles. The maximum atomic E-state index is 9.65. The van der Waals surface area contributed by atoms with Gasteiger partial charge in [0.05, 0.1) is 6.10 Å². The van der Waals surface area contributed by atoms with Crippen molar-refractivity contribution in [2.45, 2.75) is 33.3 Å². The second kappa shape index (κ2) is 5.62. The van der Waals surface area contributed by atoms with Gasteiger partial charge in [-0.15, -0.1) is 0 Å². The Balaban J connectivity index is 2.21. The molecule has 3 heteroatoms. The zero-order valence-electron chi connectivity index (χ0n) is 11.4. The molecule has 0 amide bonds. The van der Waals surface area contributed by atoms with Gasteiger partial charge < -0.3 is 10.0 Å². The zero-order chi connectivity index (χ0) is 13.3. The fraction of sp³-hybridized carbons (Fsp3) is 0.600. The molecule has 3 atom stereocenters. The Bertz CT molecular complexity index is 409. The normalized spacial score (nSPS) is 26.2. The van der Waals surface area contributed by atoms with Crippen molar-refractivity contribution in [3.05, 3.63) is 28.2 Å². The number of benzene rings is 1. The Morgan fingerprint density at radius 1 is 1.28 bits per heavy atom. The van der Waals surface area contributed by atoms with Crippen LogP contribution in [0.5, 0.6) is 0 Å². The summed E-state index contributed by atoms with van der Waals surface area (Å²) in [7, 11) is 0. The minimum Gasteiger partial charge on any atom is -0.389 e. The van der Waals surface area contributed by atoms with Crippen molar-refractivity contribution in [3.63, 3.8) is 0 Å². The van der Waals surface area contributed by atoms with E-state index in [4.69, 9.17) is 0 Å². The van der Waals surface area contributed by atoms with Crippen LogP contribution in [0, 0.1) is 11.8 Å². The summed E-state index contributed by atoms with van der Waals surface area (Å²) in [5, 5.41) is 9.65. The number of hydrogen-bond donors (Lipinski definition) is 1. The van der Waals surface area contributed by atoms with E-state index < -0.39 is 6.10 Å². The van der Waals surface area contributed by atoms with E-state index in [1.54, 1.807) is 6.92 Å². The van der Waals surface area contributed by atoms with Gasteiger partial charge in [-0.3, -0.25) is 0 Å². The maximum Gasteiger partial charge on any atom is 0.0772 e. The number of halogens is 1. The highest BCUT2D eigenvalue weighted by molar-refractivity contribution is 9.10. The van der Waals surface area contributed by atoms with Gasteiger partial charge in [0.15, 0.2) is 0 Å². The quantitative estimate of drug-likeness (QED) is 0.893. The molecule has 1 aliphatic rings. The Labute approximate surface area is 118 Å². The van der Waals surface area contributed by atoms with Crippen LogP contribution in [0.1, 0.15) is 38.9 Å². The van der Waals surface area contributed by atoms with Gasteiger partial charge in [-0.05, 0) is 42.9 Å². The van der Waals surface area contributed by atoms with Gasteiger partial charge >= 0.3 is 0 Å². The third-order valence-electron chi connectivity index (χ3n) is 3.67. The van der Waals surface area contributed by atoms with Crippen molar-refractivity contribution in [2.24, 2.45) is 11.8 Å². The standard InChI is InChI=1S/C15H22BrNO/c1-10-6-11(2)9-17(8-10)13-4-5-14(12(3)18)15(16)7-13/h4-5,7,10-12,18H,6,8-9H2,1-3H3/t10?,11?,12-/m0/s1. The fourth-order valence-electron chi connectivity index (χ4n) is 2.93. The first-order valence-electron chi connectivity index (χ1n) is 6.69. The number of anilines is 1. The molecule has 18 heavy (non-hydrogen) atoms. The summed E-state index contributed by atoms with van der Waals surface area (Å²) in [5.41, 5.74) is 2.21. The summed E-state index contributed by atoms with van der Waals surface area (Å²) in [5.74, 6) is 1.51. The number of piperidine rings is 1. The molecule has 2 nitrogen and oxygen atoms in total. The second-order valence-corrected chi connectivity index (χ2v) is 6.59. The Morgan fingerprint density at radius 3 is 2.39 bits per heavy atom. The van der Waals surface area contributed by atoms with Crippen molar-refractivity contribution in [2.75, 3.05) is 18.0 Å².